The lowest BCUT2D eigenvalue weighted by atomic mass is 10.5. The number of hydrogen-bond acceptors (Lipinski definition) is 1. The third kappa shape index (κ3) is 7.24. The normalized spacial score (nSPS) is 12.8. The van der Waals surface area contributed by atoms with Gasteiger partial charge in [-0.15, -0.1) is 22.2 Å². The summed E-state index contributed by atoms with van der Waals surface area (Å²) in [6.07, 6.45) is 0.0936. The van der Waals surface area contributed by atoms with Crippen LogP contribution in [0.3, 0.4) is 0 Å². The van der Waals surface area contributed by atoms with Gasteiger partial charge in [0.05, 0.1) is 0 Å². The van der Waals surface area contributed by atoms with E-state index in [0.29, 0.717) is 0 Å². The first kappa shape index (κ1) is 9.24. The Morgan fingerprint density at radius 3 is 1.88 bits per heavy atom. The van der Waals surface area contributed by atoms with Gasteiger partial charge in [0, 0.05) is 6.10 Å². The molecule has 8 heavy (non-hydrogen) atoms. The third-order valence-electron chi connectivity index (χ3n) is 0.369. The molecule has 0 fully saturated rings. The molecular formula is C3H7BrCl2OSi. The second-order valence-electron chi connectivity index (χ2n) is 1.61. The van der Waals surface area contributed by atoms with E-state index in [4.69, 9.17) is 26.6 Å². The Morgan fingerprint density at radius 1 is 1.50 bits per heavy atom. The van der Waals surface area contributed by atoms with Crippen molar-refractivity contribution in [1.29, 1.82) is 0 Å². The van der Waals surface area contributed by atoms with Gasteiger partial charge in [-0.1, -0.05) is 15.3 Å². The number of hydrogen-bond donors (Lipinski definition) is 0. The van der Waals surface area contributed by atoms with Crippen molar-refractivity contribution >= 4 is 43.0 Å². The molecule has 50 valence electrons. The summed E-state index contributed by atoms with van der Waals surface area (Å²) in [5.41, 5.74) is -2.46. The molecule has 0 N–H and O–H groups in total. The number of rotatable bonds is 2. The van der Waals surface area contributed by atoms with Crippen LogP contribution in [-0.2, 0) is 4.43 Å². The van der Waals surface area contributed by atoms with Crippen LogP contribution >= 0.6 is 37.5 Å². The Morgan fingerprint density at radius 2 is 1.88 bits per heavy atom. The van der Waals surface area contributed by atoms with Crippen molar-refractivity contribution < 1.29 is 4.43 Å². The van der Waals surface area contributed by atoms with Gasteiger partial charge < -0.3 is 4.43 Å². The van der Waals surface area contributed by atoms with Crippen LogP contribution in [0.2, 0.25) is 0 Å². The van der Waals surface area contributed by atoms with Gasteiger partial charge in [0.1, 0.15) is 0 Å². The fourth-order valence-corrected chi connectivity index (χ4v) is 2.99. The lowest BCUT2D eigenvalue weighted by Gasteiger charge is -2.12. The second-order valence-corrected chi connectivity index (χ2v) is 12.6. The molecule has 0 spiro atoms. The summed E-state index contributed by atoms with van der Waals surface area (Å²) in [4.78, 5) is 0. The van der Waals surface area contributed by atoms with Crippen LogP contribution in [0.1, 0.15) is 13.8 Å². The molecule has 0 radical (unpaired) electrons. The average Bonchev–Trinajstić information content (AvgIpc) is 1.21. The lowest BCUT2D eigenvalue weighted by molar-refractivity contribution is 0.256. The summed E-state index contributed by atoms with van der Waals surface area (Å²) >= 11 is 14.1. The van der Waals surface area contributed by atoms with E-state index in [2.05, 4.69) is 15.3 Å². The van der Waals surface area contributed by atoms with E-state index in [1.165, 1.54) is 0 Å². The molecule has 0 aliphatic heterocycles. The monoisotopic (exact) mass is 236 g/mol. The highest BCUT2D eigenvalue weighted by atomic mass is 79.9. The van der Waals surface area contributed by atoms with Crippen molar-refractivity contribution in [2.75, 3.05) is 0 Å². The molecule has 0 heterocycles. The van der Waals surface area contributed by atoms with Crippen LogP contribution < -0.4 is 0 Å². The third-order valence-corrected chi connectivity index (χ3v) is 2.20. The zero-order valence-corrected chi connectivity index (χ0v) is 8.72. The molecule has 0 rings (SSSR count). The standard InChI is InChI=1S/C3H7BrCl2OSi/c1-3(2)7-8(4,5)6/h3H,1-2H3. The Labute approximate surface area is 67.4 Å². The zero-order chi connectivity index (χ0) is 6.78. The van der Waals surface area contributed by atoms with Gasteiger partial charge in [0.2, 0.25) is 0 Å². The van der Waals surface area contributed by atoms with Crippen molar-refractivity contribution in [3.8, 4) is 0 Å². The van der Waals surface area contributed by atoms with E-state index in [0.717, 1.165) is 0 Å². The van der Waals surface area contributed by atoms with E-state index in [1.807, 2.05) is 13.8 Å². The van der Waals surface area contributed by atoms with Crippen molar-refractivity contribution in [2.24, 2.45) is 0 Å². The highest BCUT2D eigenvalue weighted by Crippen LogP contribution is 2.24. The SMILES string of the molecule is CC(C)O[Si](Cl)(Cl)Br. The molecule has 0 aliphatic carbocycles. The van der Waals surface area contributed by atoms with Gasteiger partial charge in [-0.25, -0.2) is 0 Å². The molecule has 0 bridgehead atoms. The van der Waals surface area contributed by atoms with E-state index in [9.17, 15) is 0 Å². The minimum atomic E-state index is -2.46. The largest absolute Gasteiger partial charge is 0.465 e. The summed E-state index contributed by atoms with van der Waals surface area (Å²) in [7, 11) is 0. The molecule has 0 atom stereocenters. The first-order valence-corrected chi connectivity index (χ1v) is 8.35. The molecule has 0 aromatic heterocycles. The van der Waals surface area contributed by atoms with Crippen molar-refractivity contribution in [1.82, 2.24) is 0 Å². The molecular weight excluding hydrogens is 231 g/mol. The van der Waals surface area contributed by atoms with Crippen LogP contribution in [0.4, 0.5) is 0 Å². The second kappa shape index (κ2) is 3.42. The van der Waals surface area contributed by atoms with Crippen LogP contribution in [0.15, 0.2) is 0 Å². The Kier molecular flexibility index (Phi) is 3.94. The molecule has 0 saturated heterocycles. The van der Waals surface area contributed by atoms with E-state index in [1.54, 1.807) is 0 Å². The van der Waals surface area contributed by atoms with Crippen molar-refractivity contribution in [3.63, 3.8) is 0 Å². The summed E-state index contributed by atoms with van der Waals surface area (Å²) < 4.78 is 5.02. The quantitative estimate of drug-likeness (QED) is 0.530. The Bertz CT molecular complexity index is 72.2. The Balaban J connectivity index is 3.39. The average molecular weight is 238 g/mol. The zero-order valence-electron chi connectivity index (χ0n) is 4.62. The van der Waals surface area contributed by atoms with E-state index < -0.39 is 5.56 Å². The van der Waals surface area contributed by atoms with Gasteiger partial charge in [-0.05, 0) is 13.8 Å². The van der Waals surface area contributed by atoms with Crippen molar-refractivity contribution in [2.45, 2.75) is 20.0 Å². The topological polar surface area (TPSA) is 9.23 Å². The Hall–Kier alpha value is 1.24. The first-order chi connectivity index (χ1) is 3.42. The van der Waals surface area contributed by atoms with Gasteiger partial charge in [-0.3, -0.25) is 0 Å². The fraction of sp³-hybridized carbons (Fsp3) is 1.00. The van der Waals surface area contributed by atoms with Crippen LogP contribution in [0.25, 0.3) is 0 Å². The minimum Gasteiger partial charge on any atom is -0.382 e. The van der Waals surface area contributed by atoms with E-state index >= 15 is 0 Å². The predicted octanol–water partition coefficient (Wildman–Crippen LogP) is 2.72. The summed E-state index contributed by atoms with van der Waals surface area (Å²) in [6.45, 7) is 3.77. The van der Waals surface area contributed by atoms with Gasteiger partial charge >= 0.3 is 5.56 Å². The van der Waals surface area contributed by atoms with Crippen LogP contribution in [-0.4, -0.2) is 11.7 Å². The molecule has 1 nitrogen and oxygen atoms in total. The minimum absolute atomic E-state index is 0.0936. The highest BCUT2D eigenvalue weighted by Gasteiger charge is 2.27. The maximum atomic E-state index is 5.53. The van der Waals surface area contributed by atoms with Crippen LogP contribution in [0, 0.1) is 0 Å². The molecule has 5 heteroatoms. The molecule has 0 aromatic rings. The molecule has 0 unspecified atom stereocenters. The first-order valence-electron chi connectivity index (χ1n) is 2.16. The van der Waals surface area contributed by atoms with Gasteiger partial charge in [0.15, 0.2) is 0 Å². The predicted molar refractivity (Wildman–Crippen MR) is 42.6 cm³/mol. The van der Waals surface area contributed by atoms with Gasteiger partial charge in [-0.2, -0.15) is 0 Å². The smallest absolute Gasteiger partial charge is 0.382 e. The van der Waals surface area contributed by atoms with E-state index in [-0.39, 0.29) is 6.10 Å². The molecule has 0 saturated carbocycles. The maximum Gasteiger partial charge on any atom is 0.465 e. The highest BCUT2D eigenvalue weighted by molar-refractivity contribution is 9.28. The lowest BCUT2D eigenvalue weighted by Crippen LogP contribution is -2.20. The molecule has 0 amide bonds. The fourth-order valence-electron chi connectivity index (χ4n) is 0.267. The molecule has 0 aliphatic rings. The number of halogens is 3. The summed E-state index contributed by atoms with van der Waals surface area (Å²) in [5.74, 6) is 0. The van der Waals surface area contributed by atoms with Crippen LogP contribution in [0.5, 0.6) is 0 Å². The molecule has 0 aromatic carbocycles. The van der Waals surface area contributed by atoms with Crippen molar-refractivity contribution in [3.05, 3.63) is 0 Å². The maximum absolute atomic E-state index is 5.53. The summed E-state index contributed by atoms with van der Waals surface area (Å²) in [6, 6.07) is 0. The summed E-state index contributed by atoms with van der Waals surface area (Å²) in [5, 5.41) is 0. The van der Waals surface area contributed by atoms with Gasteiger partial charge in [0.25, 0.3) is 0 Å².